The number of hydrogen-bond acceptors (Lipinski definition) is 4. The van der Waals surface area contributed by atoms with Crippen LogP contribution in [0.1, 0.15) is 22.8 Å². The highest BCUT2D eigenvalue weighted by Crippen LogP contribution is 2.18. The van der Waals surface area contributed by atoms with Gasteiger partial charge in [0, 0.05) is 18.2 Å². The Morgan fingerprint density at radius 2 is 1.88 bits per heavy atom. The van der Waals surface area contributed by atoms with Gasteiger partial charge in [-0.25, -0.2) is 0 Å². The molecule has 0 saturated carbocycles. The molecule has 0 spiro atoms. The van der Waals surface area contributed by atoms with Crippen LogP contribution in [0.2, 0.25) is 0 Å². The average molecular weight is 320 g/mol. The van der Waals surface area contributed by atoms with Crippen LogP contribution in [-0.2, 0) is 4.79 Å². The molecule has 0 bridgehead atoms. The van der Waals surface area contributed by atoms with E-state index in [-0.39, 0.29) is 17.3 Å². The summed E-state index contributed by atoms with van der Waals surface area (Å²) in [5, 5.41) is 11.9. The van der Waals surface area contributed by atoms with Gasteiger partial charge >= 0.3 is 0 Å². The highest BCUT2D eigenvalue weighted by Gasteiger charge is 2.13. The second-order valence-electron chi connectivity index (χ2n) is 5.03. The third-order valence-electron chi connectivity index (χ3n) is 3.24. The number of nitrogens with zero attached hydrogens (tertiary/aromatic N) is 1. The number of nitrogens with one attached hydrogen (secondary N) is 1. The zero-order chi connectivity index (χ0) is 17.5. The Balaban J connectivity index is 2.26. The summed E-state index contributed by atoms with van der Waals surface area (Å²) in [6.07, 6.45) is 1.51. The quantitative estimate of drug-likeness (QED) is 0.520. The fraction of sp³-hybridized carbons (Fsp3) is 0.105. The van der Waals surface area contributed by atoms with Gasteiger partial charge < -0.3 is 10.1 Å². The Kier molecular flexibility index (Phi) is 5.48. The summed E-state index contributed by atoms with van der Waals surface area (Å²) in [6, 6.07) is 15.4. The molecule has 0 heterocycles. The molecule has 0 atom stereocenters. The summed E-state index contributed by atoms with van der Waals surface area (Å²) in [4.78, 5) is 23.5. The number of carbonyl (C=O) groups excluding carboxylic acids is 2. The Morgan fingerprint density at radius 1 is 1.17 bits per heavy atom. The number of benzene rings is 2. The minimum absolute atomic E-state index is 0.0236. The van der Waals surface area contributed by atoms with E-state index < -0.39 is 0 Å². The smallest absolute Gasteiger partial charge is 0.221 e. The first kappa shape index (κ1) is 17.0. The second-order valence-corrected chi connectivity index (χ2v) is 5.03. The maximum absolute atomic E-state index is 12.5. The number of allylic oxidation sites excluding steroid dienone is 1. The largest absolute Gasteiger partial charge is 0.497 e. The summed E-state index contributed by atoms with van der Waals surface area (Å²) in [5.74, 6) is 0.0179. The number of Topliss-reactive ketones (excluding diaryl/α,β-unsaturated/α-hetero) is 1. The standard InChI is InChI=1S/C19H16N2O3/c1-13(22)21-17-8-6-14(7-9-17)10-16(12-20)19(23)15-4-3-5-18(11-15)24-2/h3-11H,1-2H3,(H,21,22)/b16-10+. The van der Waals surface area contributed by atoms with Gasteiger partial charge in [0.2, 0.25) is 11.7 Å². The van der Waals surface area contributed by atoms with E-state index in [0.29, 0.717) is 22.6 Å². The van der Waals surface area contributed by atoms with Gasteiger partial charge in [0.05, 0.1) is 7.11 Å². The normalized spacial score (nSPS) is 10.6. The van der Waals surface area contributed by atoms with Crippen LogP contribution in [0, 0.1) is 11.3 Å². The Morgan fingerprint density at radius 3 is 2.46 bits per heavy atom. The van der Waals surface area contributed by atoms with Crippen molar-refractivity contribution in [3.8, 4) is 11.8 Å². The fourth-order valence-corrected chi connectivity index (χ4v) is 2.10. The first-order valence-electron chi connectivity index (χ1n) is 7.21. The van der Waals surface area contributed by atoms with Crippen molar-refractivity contribution in [2.45, 2.75) is 6.92 Å². The van der Waals surface area contributed by atoms with Gasteiger partial charge in [-0.15, -0.1) is 0 Å². The van der Waals surface area contributed by atoms with Crippen molar-refractivity contribution >= 4 is 23.5 Å². The third kappa shape index (κ3) is 4.31. The number of ketones is 1. The molecule has 5 nitrogen and oxygen atoms in total. The molecule has 2 rings (SSSR count). The molecule has 120 valence electrons. The highest BCUT2D eigenvalue weighted by molar-refractivity contribution is 6.14. The van der Waals surface area contributed by atoms with Crippen molar-refractivity contribution < 1.29 is 14.3 Å². The van der Waals surface area contributed by atoms with E-state index in [0.717, 1.165) is 0 Å². The summed E-state index contributed by atoms with van der Waals surface area (Å²) in [7, 11) is 1.52. The monoisotopic (exact) mass is 320 g/mol. The van der Waals surface area contributed by atoms with Gasteiger partial charge in [0.1, 0.15) is 17.4 Å². The molecule has 1 amide bonds. The first-order valence-corrected chi connectivity index (χ1v) is 7.21. The molecular formula is C19H16N2O3. The van der Waals surface area contributed by atoms with Gasteiger partial charge in [0.15, 0.2) is 0 Å². The molecular weight excluding hydrogens is 304 g/mol. The molecule has 2 aromatic carbocycles. The molecule has 0 radical (unpaired) electrons. The van der Waals surface area contributed by atoms with Crippen molar-refractivity contribution in [2.75, 3.05) is 12.4 Å². The van der Waals surface area contributed by atoms with Gasteiger partial charge in [-0.1, -0.05) is 24.3 Å². The highest BCUT2D eigenvalue weighted by atomic mass is 16.5. The minimum atomic E-state index is -0.373. The predicted octanol–water partition coefficient (Wildman–Crippen LogP) is 3.44. The van der Waals surface area contributed by atoms with E-state index in [1.54, 1.807) is 48.5 Å². The molecule has 0 fully saturated rings. The topological polar surface area (TPSA) is 79.2 Å². The van der Waals surface area contributed by atoms with Crippen molar-refractivity contribution in [1.29, 1.82) is 5.26 Å². The molecule has 0 aliphatic carbocycles. The van der Waals surface area contributed by atoms with Crippen molar-refractivity contribution in [3.05, 3.63) is 65.2 Å². The van der Waals surface area contributed by atoms with Gasteiger partial charge in [-0.05, 0) is 35.9 Å². The first-order chi connectivity index (χ1) is 11.5. The second kappa shape index (κ2) is 7.75. The van der Waals surface area contributed by atoms with Gasteiger partial charge in [0.25, 0.3) is 0 Å². The van der Waals surface area contributed by atoms with Crippen LogP contribution in [0.5, 0.6) is 5.75 Å². The zero-order valence-electron chi connectivity index (χ0n) is 13.4. The summed E-state index contributed by atoms with van der Waals surface area (Å²) >= 11 is 0. The number of nitriles is 1. The molecule has 0 aromatic heterocycles. The molecule has 0 aliphatic rings. The lowest BCUT2D eigenvalue weighted by molar-refractivity contribution is -0.114. The zero-order valence-corrected chi connectivity index (χ0v) is 13.4. The fourth-order valence-electron chi connectivity index (χ4n) is 2.10. The lowest BCUT2D eigenvalue weighted by atomic mass is 10.0. The number of carbonyl (C=O) groups is 2. The molecule has 0 unspecified atom stereocenters. The Labute approximate surface area is 140 Å². The third-order valence-corrected chi connectivity index (χ3v) is 3.24. The molecule has 24 heavy (non-hydrogen) atoms. The summed E-state index contributed by atoms with van der Waals surface area (Å²) in [5.41, 5.74) is 1.75. The van der Waals surface area contributed by atoms with Crippen LogP contribution in [-0.4, -0.2) is 18.8 Å². The SMILES string of the molecule is COc1cccc(C(=O)/C(C#N)=C/c2ccc(NC(C)=O)cc2)c1. The number of rotatable bonds is 5. The van der Waals surface area contributed by atoms with Gasteiger partial charge in [-0.3, -0.25) is 9.59 Å². The molecule has 0 aliphatic heterocycles. The predicted molar refractivity (Wildman–Crippen MR) is 91.7 cm³/mol. The molecule has 1 N–H and O–H groups in total. The van der Waals surface area contributed by atoms with Crippen LogP contribution in [0.15, 0.2) is 54.1 Å². The van der Waals surface area contributed by atoms with E-state index in [4.69, 9.17) is 4.74 Å². The van der Waals surface area contributed by atoms with Crippen LogP contribution in [0.3, 0.4) is 0 Å². The molecule has 5 heteroatoms. The van der Waals surface area contributed by atoms with Crippen molar-refractivity contribution in [2.24, 2.45) is 0 Å². The number of amides is 1. The van der Waals surface area contributed by atoms with Crippen molar-refractivity contribution in [3.63, 3.8) is 0 Å². The van der Waals surface area contributed by atoms with Crippen LogP contribution in [0.25, 0.3) is 6.08 Å². The average Bonchev–Trinajstić information content (AvgIpc) is 2.60. The number of anilines is 1. The maximum atomic E-state index is 12.5. The van der Waals surface area contributed by atoms with Crippen LogP contribution < -0.4 is 10.1 Å². The van der Waals surface area contributed by atoms with E-state index in [9.17, 15) is 14.9 Å². The van der Waals surface area contributed by atoms with Crippen molar-refractivity contribution in [1.82, 2.24) is 0 Å². The van der Waals surface area contributed by atoms with E-state index in [1.165, 1.54) is 20.1 Å². The lowest BCUT2D eigenvalue weighted by Gasteiger charge is -2.04. The van der Waals surface area contributed by atoms with E-state index in [1.807, 2.05) is 6.07 Å². The van der Waals surface area contributed by atoms with E-state index >= 15 is 0 Å². The minimum Gasteiger partial charge on any atom is -0.497 e. The van der Waals surface area contributed by atoms with E-state index in [2.05, 4.69) is 5.32 Å². The Hall–Kier alpha value is -3.39. The lowest BCUT2D eigenvalue weighted by Crippen LogP contribution is -2.05. The van der Waals surface area contributed by atoms with Gasteiger partial charge in [-0.2, -0.15) is 5.26 Å². The number of hydrogen-bond donors (Lipinski definition) is 1. The van der Waals surface area contributed by atoms with Crippen LogP contribution >= 0.6 is 0 Å². The van der Waals surface area contributed by atoms with Crippen LogP contribution in [0.4, 0.5) is 5.69 Å². The molecule has 2 aromatic rings. The number of methoxy groups -OCH3 is 1. The maximum Gasteiger partial charge on any atom is 0.221 e. The summed E-state index contributed by atoms with van der Waals surface area (Å²) in [6.45, 7) is 1.43. The Bertz CT molecular complexity index is 830. The number of ether oxygens (including phenoxy) is 1. The summed E-state index contributed by atoms with van der Waals surface area (Å²) < 4.78 is 5.09. The molecule has 0 saturated heterocycles.